The van der Waals surface area contributed by atoms with Gasteiger partial charge in [0, 0.05) is 50.9 Å². The molecule has 2 heterocycles. The molecule has 1 aromatic carbocycles. The van der Waals surface area contributed by atoms with Crippen LogP contribution < -0.4 is 4.90 Å². The van der Waals surface area contributed by atoms with Crippen LogP contribution in [0, 0.1) is 5.92 Å². The van der Waals surface area contributed by atoms with E-state index in [0.717, 1.165) is 45.4 Å². The Morgan fingerprint density at radius 2 is 1.79 bits per heavy atom. The number of carbonyl (C=O) groups is 2. The highest BCUT2D eigenvalue weighted by Crippen LogP contribution is 2.33. The molecule has 24 heavy (non-hydrogen) atoms. The summed E-state index contributed by atoms with van der Waals surface area (Å²) in [4.78, 5) is 31.2. The smallest absolute Gasteiger partial charge is 0.228 e. The van der Waals surface area contributed by atoms with E-state index in [1.807, 2.05) is 15.9 Å². The Balaban J connectivity index is 1.37. The van der Waals surface area contributed by atoms with Gasteiger partial charge in [-0.05, 0) is 31.4 Å². The molecule has 3 aliphatic rings. The summed E-state index contributed by atoms with van der Waals surface area (Å²) in [6, 6.07) is 10.8. The van der Waals surface area contributed by atoms with Gasteiger partial charge >= 0.3 is 0 Å². The van der Waals surface area contributed by atoms with E-state index in [0.29, 0.717) is 19.0 Å². The molecule has 5 nitrogen and oxygen atoms in total. The number of hydrogen-bond acceptors (Lipinski definition) is 3. The fourth-order valence-electron chi connectivity index (χ4n) is 3.93. The molecular formula is C19H25N3O2. The lowest BCUT2D eigenvalue weighted by Crippen LogP contribution is -2.40. The van der Waals surface area contributed by atoms with Gasteiger partial charge in [-0.2, -0.15) is 0 Å². The van der Waals surface area contributed by atoms with Gasteiger partial charge in [-0.15, -0.1) is 0 Å². The summed E-state index contributed by atoms with van der Waals surface area (Å²) >= 11 is 0. The zero-order chi connectivity index (χ0) is 16.5. The molecule has 2 amide bonds. The van der Waals surface area contributed by atoms with E-state index in [2.05, 4.69) is 29.2 Å². The third kappa shape index (κ3) is 3.12. The standard InChI is InChI=1S/C19H25N3O2/c23-18-13-15(14-22(18)17-7-8-17)19(24)21-10-4-9-20(11-12-21)16-5-2-1-3-6-16/h1-3,5-6,15,17H,4,7-14H2/t15-/m1/s1. The minimum atomic E-state index is -0.124. The van der Waals surface area contributed by atoms with E-state index < -0.39 is 0 Å². The van der Waals surface area contributed by atoms with Crippen LogP contribution in [-0.2, 0) is 9.59 Å². The molecule has 2 aliphatic heterocycles. The quantitative estimate of drug-likeness (QED) is 0.849. The SMILES string of the molecule is O=C([C@@H]1CC(=O)N(C2CC2)C1)N1CCCN(c2ccccc2)CC1. The van der Waals surface area contributed by atoms with E-state index in [1.165, 1.54) is 5.69 Å². The summed E-state index contributed by atoms with van der Waals surface area (Å²) in [7, 11) is 0. The predicted octanol–water partition coefficient (Wildman–Crippen LogP) is 1.74. The van der Waals surface area contributed by atoms with Gasteiger partial charge in [0.2, 0.25) is 11.8 Å². The van der Waals surface area contributed by atoms with Crippen LogP contribution >= 0.6 is 0 Å². The number of rotatable bonds is 3. The molecule has 2 saturated heterocycles. The zero-order valence-corrected chi connectivity index (χ0v) is 14.1. The summed E-state index contributed by atoms with van der Waals surface area (Å²) in [5.41, 5.74) is 1.22. The lowest BCUT2D eigenvalue weighted by molar-refractivity contribution is -0.135. The van der Waals surface area contributed by atoms with Crippen molar-refractivity contribution >= 4 is 17.5 Å². The molecule has 1 atom stereocenters. The maximum atomic E-state index is 12.9. The second kappa shape index (κ2) is 6.46. The molecule has 0 bridgehead atoms. The zero-order valence-electron chi connectivity index (χ0n) is 14.1. The highest BCUT2D eigenvalue weighted by atomic mass is 16.2. The van der Waals surface area contributed by atoms with E-state index in [9.17, 15) is 9.59 Å². The van der Waals surface area contributed by atoms with Crippen LogP contribution in [0.2, 0.25) is 0 Å². The highest BCUT2D eigenvalue weighted by molar-refractivity contribution is 5.89. The molecule has 0 spiro atoms. The Hall–Kier alpha value is -2.04. The molecule has 1 aliphatic carbocycles. The number of anilines is 1. The van der Waals surface area contributed by atoms with Gasteiger partial charge < -0.3 is 14.7 Å². The van der Waals surface area contributed by atoms with Crippen LogP contribution in [0.1, 0.15) is 25.7 Å². The van der Waals surface area contributed by atoms with E-state index in [4.69, 9.17) is 0 Å². The molecule has 3 fully saturated rings. The van der Waals surface area contributed by atoms with Crippen molar-refractivity contribution in [2.75, 3.05) is 37.6 Å². The van der Waals surface area contributed by atoms with Crippen LogP contribution in [0.15, 0.2) is 30.3 Å². The van der Waals surface area contributed by atoms with Crippen molar-refractivity contribution in [3.05, 3.63) is 30.3 Å². The number of hydrogen-bond donors (Lipinski definition) is 0. The van der Waals surface area contributed by atoms with Crippen LogP contribution in [0.3, 0.4) is 0 Å². The van der Waals surface area contributed by atoms with Crippen molar-refractivity contribution < 1.29 is 9.59 Å². The van der Waals surface area contributed by atoms with Crippen LogP contribution in [0.4, 0.5) is 5.69 Å². The third-order valence-corrected chi connectivity index (χ3v) is 5.42. The monoisotopic (exact) mass is 327 g/mol. The molecule has 128 valence electrons. The number of carbonyl (C=O) groups excluding carboxylic acids is 2. The fraction of sp³-hybridized carbons (Fsp3) is 0.579. The van der Waals surface area contributed by atoms with Crippen molar-refractivity contribution in [2.24, 2.45) is 5.92 Å². The Kier molecular flexibility index (Phi) is 4.17. The third-order valence-electron chi connectivity index (χ3n) is 5.42. The summed E-state index contributed by atoms with van der Waals surface area (Å²) in [5, 5.41) is 0. The van der Waals surface area contributed by atoms with Crippen LogP contribution in [0.5, 0.6) is 0 Å². The Morgan fingerprint density at radius 1 is 1.00 bits per heavy atom. The molecule has 1 saturated carbocycles. The first kappa shape index (κ1) is 15.5. The number of amides is 2. The lowest BCUT2D eigenvalue weighted by atomic mass is 10.1. The van der Waals surface area contributed by atoms with Gasteiger partial charge in [0.1, 0.15) is 0 Å². The first-order valence-electron chi connectivity index (χ1n) is 9.10. The Morgan fingerprint density at radius 3 is 2.54 bits per heavy atom. The topological polar surface area (TPSA) is 43.9 Å². The van der Waals surface area contributed by atoms with Crippen molar-refractivity contribution in [1.82, 2.24) is 9.80 Å². The number of para-hydroxylation sites is 1. The van der Waals surface area contributed by atoms with Crippen LogP contribution in [0.25, 0.3) is 0 Å². The summed E-state index contributed by atoms with van der Waals surface area (Å²) in [6.45, 7) is 4.04. The normalized spacial score (nSPS) is 25.1. The summed E-state index contributed by atoms with van der Waals surface area (Å²) in [5.74, 6) is 0.236. The Labute approximate surface area is 143 Å². The maximum absolute atomic E-state index is 12.9. The fourth-order valence-corrected chi connectivity index (χ4v) is 3.93. The lowest BCUT2D eigenvalue weighted by Gasteiger charge is -2.25. The van der Waals surface area contributed by atoms with Crippen molar-refractivity contribution in [3.8, 4) is 0 Å². The molecular weight excluding hydrogens is 302 g/mol. The molecule has 0 aromatic heterocycles. The van der Waals surface area contributed by atoms with Crippen molar-refractivity contribution in [1.29, 1.82) is 0 Å². The molecule has 0 N–H and O–H groups in total. The van der Waals surface area contributed by atoms with Gasteiger partial charge in [0.15, 0.2) is 0 Å². The highest BCUT2D eigenvalue weighted by Gasteiger charge is 2.42. The molecule has 4 rings (SSSR count). The molecule has 5 heteroatoms. The number of nitrogens with zero attached hydrogens (tertiary/aromatic N) is 3. The van der Waals surface area contributed by atoms with Crippen molar-refractivity contribution in [3.63, 3.8) is 0 Å². The van der Waals surface area contributed by atoms with Gasteiger partial charge in [0.25, 0.3) is 0 Å². The van der Waals surface area contributed by atoms with Gasteiger partial charge in [-0.1, -0.05) is 18.2 Å². The number of likely N-dealkylation sites (tertiary alicyclic amines) is 1. The minimum Gasteiger partial charge on any atom is -0.370 e. The first-order valence-corrected chi connectivity index (χ1v) is 9.10. The van der Waals surface area contributed by atoms with E-state index in [-0.39, 0.29) is 17.7 Å². The van der Waals surface area contributed by atoms with Crippen molar-refractivity contribution in [2.45, 2.75) is 31.7 Å². The van der Waals surface area contributed by atoms with Gasteiger partial charge in [0.05, 0.1) is 5.92 Å². The Bertz CT molecular complexity index is 614. The van der Waals surface area contributed by atoms with Gasteiger partial charge in [-0.3, -0.25) is 9.59 Å². The molecule has 1 aromatic rings. The molecule has 0 radical (unpaired) electrons. The minimum absolute atomic E-state index is 0.124. The summed E-state index contributed by atoms with van der Waals surface area (Å²) < 4.78 is 0. The first-order chi connectivity index (χ1) is 11.7. The largest absolute Gasteiger partial charge is 0.370 e. The second-order valence-electron chi connectivity index (χ2n) is 7.18. The van der Waals surface area contributed by atoms with E-state index >= 15 is 0 Å². The average Bonchev–Trinajstić information content (AvgIpc) is 3.41. The van der Waals surface area contributed by atoms with Gasteiger partial charge in [-0.25, -0.2) is 0 Å². The summed E-state index contributed by atoms with van der Waals surface area (Å²) in [6.07, 6.45) is 3.62. The predicted molar refractivity (Wildman–Crippen MR) is 92.7 cm³/mol. The van der Waals surface area contributed by atoms with E-state index in [1.54, 1.807) is 0 Å². The average molecular weight is 327 g/mol. The van der Waals surface area contributed by atoms with Crippen LogP contribution in [-0.4, -0.2) is 60.4 Å². The number of benzene rings is 1. The molecule has 0 unspecified atom stereocenters. The second-order valence-corrected chi connectivity index (χ2v) is 7.18. The maximum Gasteiger partial charge on any atom is 0.228 e.